The summed E-state index contributed by atoms with van der Waals surface area (Å²) in [6.45, 7) is 2.04. The number of thiophene rings is 1. The number of aryl methyl sites for hydroxylation is 1. The average Bonchev–Trinajstić information content (AvgIpc) is 2.99. The Morgan fingerprint density at radius 1 is 1.39 bits per heavy atom. The molecule has 1 aliphatic carbocycles. The van der Waals surface area contributed by atoms with Gasteiger partial charge in [0.1, 0.15) is 11.6 Å². The van der Waals surface area contributed by atoms with Crippen LogP contribution in [0.1, 0.15) is 35.4 Å². The second-order valence-corrected chi connectivity index (χ2v) is 7.25. The molecule has 3 rings (SSSR count). The van der Waals surface area contributed by atoms with Crippen LogP contribution in [-0.2, 0) is 11.5 Å². The van der Waals surface area contributed by atoms with Crippen LogP contribution in [0.15, 0.2) is 12.1 Å². The molecule has 2 aromatic heterocycles. The topological polar surface area (TPSA) is 30.7 Å². The second-order valence-electron chi connectivity index (χ2n) is 4.46. The zero-order chi connectivity index (χ0) is 12.5. The van der Waals surface area contributed by atoms with Gasteiger partial charge in [0.15, 0.2) is 0 Å². The van der Waals surface area contributed by atoms with Gasteiger partial charge in [-0.25, -0.2) is 0 Å². The highest BCUT2D eigenvalue weighted by atomic mass is 35.5. The van der Waals surface area contributed by atoms with Gasteiger partial charge in [0.25, 0.3) is 0 Å². The van der Waals surface area contributed by atoms with E-state index >= 15 is 0 Å². The third-order valence-corrected chi connectivity index (χ3v) is 5.34. The fraction of sp³-hybridized carbons (Fsp3) is 0.500. The van der Waals surface area contributed by atoms with E-state index in [-0.39, 0.29) is 0 Å². The number of nitrogens with zero attached hydrogens (tertiary/aromatic N) is 3. The first kappa shape index (κ1) is 12.5. The number of rotatable bonds is 5. The molecule has 3 nitrogen and oxygen atoms in total. The van der Waals surface area contributed by atoms with Crippen molar-refractivity contribution in [3.8, 4) is 0 Å². The zero-order valence-electron chi connectivity index (χ0n) is 10.1. The van der Waals surface area contributed by atoms with Crippen molar-refractivity contribution < 1.29 is 0 Å². The Morgan fingerprint density at radius 2 is 2.22 bits per heavy atom. The van der Waals surface area contributed by atoms with Gasteiger partial charge in [0.05, 0.1) is 10.1 Å². The Balaban J connectivity index is 1.60. The minimum atomic E-state index is 0.659. The summed E-state index contributed by atoms with van der Waals surface area (Å²) in [6, 6.07) is 4.71. The minimum Gasteiger partial charge on any atom is -0.311 e. The van der Waals surface area contributed by atoms with E-state index in [1.807, 2.05) is 24.8 Å². The van der Waals surface area contributed by atoms with Crippen molar-refractivity contribution in [1.82, 2.24) is 14.8 Å². The lowest BCUT2D eigenvalue weighted by Crippen LogP contribution is -2.02. The molecule has 0 bridgehead atoms. The summed E-state index contributed by atoms with van der Waals surface area (Å²) in [5, 5.41) is 8.47. The molecule has 2 heterocycles. The van der Waals surface area contributed by atoms with Gasteiger partial charge in [-0.1, -0.05) is 11.6 Å². The molecule has 96 valence electrons. The van der Waals surface area contributed by atoms with Gasteiger partial charge < -0.3 is 4.57 Å². The fourth-order valence-electron chi connectivity index (χ4n) is 1.99. The number of aromatic nitrogens is 3. The van der Waals surface area contributed by atoms with Crippen LogP contribution in [-0.4, -0.2) is 14.8 Å². The molecule has 0 amide bonds. The van der Waals surface area contributed by atoms with Gasteiger partial charge in [-0.05, 0) is 31.9 Å². The number of halogens is 1. The maximum absolute atomic E-state index is 5.92. The molecule has 0 unspecified atom stereocenters. The van der Waals surface area contributed by atoms with Crippen LogP contribution in [0.25, 0.3) is 0 Å². The highest BCUT2D eigenvalue weighted by Crippen LogP contribution is 2.37. The lowest BCUT2D eigenvalue weighted by atomic mass is 10.5. The van der Waals surface area contributed by atoms with E-state index in [1.165, 1.54) is 17.7 Å². The predicted molar refractivity (Wildman–Crippen MR) is 77.4 cm³/mol. The summed E-state index contributed by atoms with van der Waals surface area (Å²) in [7, 11) is 0. The first-order chi connectivity index (χ1) is 8.74. The molecule has 1 saturated carbocycles. The Labute approximate surface area is 120 Å². The van der Waals surface area contributed by atoms with Crippen molar-refractivity contribution >= 4 is 34.7 Å². The quantitative estimate of drug-likeness (QED) is 0.834. The zero-order valence-corrected chi connectivity index (χ0v) is 12.5. The van der Waals surface area contributed by atoms with Gasteiger partial charge in [0.2, 0.25) is 0 Å². The van der Waals surface area contributed by atoms with E-state index in [9.17, 15) is 0 Å². The molecule has 0 spiro atoms. The molecule has 0 atom stereocenters. The van der Waals surface area contributed by atoms with Crippen LogP contribution in [0, 0.1) is 6.92 Å². The van der Waals surface area contributed by atoms with Crippen LogP contribution < -0.4 is 0 Å². The SMILES string of the molecule is Cc1nnc(CSCc2ccc(Cl)s2)n1C1CC1. The second kappa shape index (κ2) is 5.23. The summed E-state index contributed by atoms with van der Waals surface area (Å²) >= 11 is 9.44. The summed E-state index contributed by atoms with van der Waals surface area (Å²) < 4.78 is 3.16. The smallest absolute Gasteiger partial charge is 0.143 e. The molecule has 0 saturated heterocycles. The third kappa shape index (κ3) is 2.73. The minimum absolute atomic E-state index is 0.659. The highest BCUT2D eigenvalue weighted by Gasteiger charge is 2.27. The molecule has 0 N–H and O–H groups in total. The molecule has 6 heteroatoms. The summed E-state index contributed by atoms with van der Waals surface area (Å²) in [5.74, 6) is 4.08. The fourth-order valence-corrected chi connectivity index (χ4v) is 4.14. The molecule has 2 aromatic rings. The maximum atomic E-state index is 5.92. The normalized spacial score (nSPS) is 15.2. The average molecular weight is 300 g/mol. The Kier molecular flexibility index (Phi) is 3.63. The lowest BCUT2D eigenvalue weighted by Gasteiger charge is -2.05. The molecule has 0 aliphatic heterocycles. The van der Waals surface area contributed by atoms with Gasteiger partial charge >= 0.3 is 0 Å². The van der Waals surface area contributed by atoms with E-state index in [4.69, 9.17) is 11.6 Å². The number of thioether (sulfide) groups is 1. The molecule has 0 aromatic carbocycles. The van der Waals surface area contributed by atoms with Gasteiger partial charge in [-0.3, -0.25) is 0 Å². The van der Waals surface area contributed by atoms with Crippen molar-refractivity contribution in [3.05, 3.63) is 33.0 Å². The third-order valence-electron chi connectivity index (χ3n) is 2.95. The summed E-state index contributed by atoms with van der Waals surface area (Å²) in [5.41, 5.74) is 0. The summed E-state index contributed by atoms with van der Waals surface area (Å²) in [4.78, 5) is 1.32. The van der Waals surface area contributed by atoms with E-state index in [2.05, 4.69) is 20.8 Å². The molecule has 1 aliphatic rings. The van der Waals surface area contributed by atoms with Crippen molar-refractivity contribution in [2.24, 2.45) is 0 Å². The Morgan fingerprint density at radius 3 is 2.89 bits per heavy atom. The van der Waals surface area contributed by atoms with Gasteiger partial charge in [-0.15, -0.1) is 33.3 Å². The van der Waals surface area contributed by atoms with Crippen LogP contribution in [0.2, 0.25) is 4.34 Å². The van der Waals surface area contributed by atoms with Crippen molar-refractivity contribution in [1.29, 1.82) is 0 Å². The Bertz CT molecular complexity index is 545. The molecule has 18 heavy (non-hydrogen) atoms. The lowest BCUT2D eigenvalue weighted by molar-refractivity contribution is 0.683. The van der Waals surface area contributed by atoms with E-state index < -0.39 is 0 Å². The van der Waals surface area contributed by atoms with Crippen LogP contribution >= 0.6 is 34.7 Å². The molecule has 1 fully saturated rings. The van der Waals surface area contributed by atoms with E-state index in [0.717, 1.165) is 27.5 Å². The van der Waals surface area contributed by atoms with Crippen molar-refractivity contribution in [2.75, 3.05) is 0 Å². The van der Waals surface area contributed by atoms with Crippen molar-refractivity contribution in [3.63, 3.8) is 0 Å². The van der Waals surface area contributed by atoms with E-state index in [1.54, 1.807) is 11.3 Å². The van der Waals surface area contributed by atoms with Gasteiger partial charge in [0, 0.05) is 16.7 Å². The number of hydrogen-bond acceptors (Lipinski definition) is 4. The standard InChI is InChI=1S/C12H14ClN3S2/c1-8-14-15-12(16(8)9-2-3-9)7-17-6-10-4-5-11(13)18-10/h4-5,9H,2-3,6-7H2,1H3. The highest BCUT2D eigenvalue weighted by molar-refractivity contribution is 7.97. The summed E-state index contributed by atoms with van der Waals surface area (Å²) in [6.07, 6.45) is 2.55. The van der Waals surface area contributed by atoms with Crippen LogP contribution in [0.4, 0.5) is 0 Å². The van der Waals surface area contributed by atoms with Crippen LogP contribution in [0.3, 0.4) is 0 Å². The van der Waals surface area contributed by atoms with Crippen molar-refractivity contribution in [2.45, 2.75) is 37.3 Å². The molecular formula is C12H14ClN3S2. The first-order valence-corrected chi connectivity index (χ1v) is 8.31. The van der Waals surface area contributed by atoms with Gasteiger partial charge in [-0.2, -0.15) is 0 Å². The monoisotopic (exact) mass is 299 g/mol. The first-order valence-electron chi connectivity index (χ1n) is 5.96. The largest absolute Gasteiger partial charge is 0.311 e. The maximum Gasteiger partial charge on any atom is 0.143 e. The van der Waals surface area contributed by atoms with E-state index in [0.29, 0.717) is 6.04 Å². The predicted octanol–water partition coefficient (Wildman–Crippen LogP) is 4.07. The van der Waals surface area contributed by atoms with Crippen LogP contribution in [0.5, 0.6) is 0 Å². The molecule has 0 radical (unpaired) electrons. The number of hydrogen-bond donors (Lipinski definition) is 0. The Hall–Kier alpha value is -0.520. The molecular weight excluding hydrogens is 286 g/mol.